The molecule has 0 radical (unpaired) electrons. The van der Waals surface area contributed by atoms with Crippen LogP contribution in [0.25, 0.3) is 22.2 Å². The molecule has 1 atom stereocenters. The van der Waals surface area contributed by atoms with Gasteiger partial charge in [-0.3, -0.25) is 4.99 Å². The predicted molar refractivity (Wildman–Crippen MR) is 115 cm³/mol. The van der Waals surface area contributed by atoms with Crippen molar-refractivity contribution in [3.05, 3.63) is 60.4 Å². The van der Waals surface area contributed by atoms with Crippen LogP contribution in [0.15, 0.2) is 59.6 Å². The largest absolute Gasteiger partial charge is 0.362 e. The Hall–Kier alpha value is -3.15. The lowest BCUT2D eigenvalue weighted by Gasteiger charge is -2.19. The molecule has 0 saturated carbocycles. The Morgan fingerprint density at radius 1 is 1.03 bits per heavy atom. The van der Waals surface area contributed by atoms with Gasteiger partial charge in [-0.2, -0.15) is 0 Å². The van der Waals surface area contributed by atoms with Gasteiger partial charge in [0.05, 0.1) is 11.4 Å². The van der Waals surface area contributed by atoms with E-state index >= 15 is 0 Å². The quantitative estimate of drug-likeness (QED) is 0.635. The van der Waals surface area contributed by atoms with Gasteiger partial charge in [-0.1, -0.05) is 18.2 Å². The van der Waals surface area contributed by atoms with E-state index in [-0.39, 0.29) is 11.9 Å². The Labute approximate surface area is 169 Å². The fourth-order valence-corrected chi connectivity index (χ4v) is 3.55. The Kier molecular flexibility index (Phi) is 5.60. The van der Waals surface area contributed by atoms with Crippen molar-refractivity contribution in [1.82, 2.24) is 15.0 Å². The zero-order chi connectivity index (χ0) is 20.2. The van der Waals surface area contributed by atoms with Gasteiger partial charge in [0.1, 0.15) is 18.0 Å². The summed E-state index contributed by atoms with van der Waals surface area (Å²) in [6, 6.07) is 8.43. The summed E-state index contributed by atoms with van der Waals surface area (Å²) >= 11 is 0. The number of hydrogen-bond acceptors (Lipinski definition) is 5. The van der Waals surface area contributed by atoms with Crippen LogP contribution in [-0.4, -0.2) is 26.7 Å². The first-order valence-electron chi connectivity index (χ1n) is 9.97. The third kappa shape index (κ3) is 4.47. The van der Waals surface area contributed by atoms with E-state index in [0.717, 1.165) is 53.0 Å². The van der Waals surface area contributed by atoms with Gasteiger partial charge < -0.3 is 5.32 Å². The van der Waals surface area contributed by atoms with Crippen molar-refractivity contribution in [2.75, 3.05) is 5.32 Å². The molecule has 29 heavy (non-hydrogen) atoms. The number of pyridine rings is 1. The summed E-state index contributed by atoms with van der Waals surface area (Å²) in [6.45, 7) is 4.16. The molecule has 1 N–H and O–H groups in total. The second-order valence-corrected chi connectivity index (χ2v) is 7.38. The number of rotatable bonds is 4. The summed E-state index contributed by atoms with van der Waals surface area (Å²) in [6.07, 6.45) is 9.86. The van der Waals surface area contributed by atoms with Crippen LogP contribution in [-0.2, 0) is 0 Å². The summed E-state index contributed by atoms with van der Waals surface area (Å²) in [5, 5.41) is 4.34. The minimum absolute atomic E-state index is 0.0454. The molecule has 0 aliphatic carbocycles. The summed E-state index contributed by atoms with van der Waals surface area (Å²) in [4.78, 5) is 18.0. The summed E-state index contributed by atoms with van der Waals surface area (Å²) in [5.74, 6) is 0.469. The molecule has 1 aliphatic rings. The van der Waals surface area contributed by atoms with E-state index < -0.39 is 0 Å². The molecule has 1 aromatic carbocycles. The van der Waals surface area contributed by atoms with Gasteiger partial charge in [-0.15, -0.1) is 0 Å². The van der Waals surface area contributed by atoms with Crippen molar-refractivity contribution < 1.29 is 4.39 Å². The van der Waals surface area contributed by atoms with Crippen LogP contribution >= 0.6 is 0 Å². The molecular formula is C23H24FN5. The number of aliphatic imine (C=N–C) groups is 1. The molecule has 1 aliphatic heterocycles. The number of aromatic nitrogens is 3. The van der Waals surface area contributed by atoms with Crippen LogP contribution in [0.3, 0.4) is 0 Å². The highest BCUT2D eigenvalue weighted by Crippen LogP contribution is 2.26. The zero-order valence-corrected chi connectivity index (χ0v) is 16.7. The normalized spacial score (nSPS) is 19.4. The lowest BCUT2D eigenvalue weighted by atomic mass is 10.0. The summed E-state index contributed by atoms with van der Waals surface area (Å²) in [7, 11) is 0. The van der Waals surface area contributed by atoms with E-state index in [1.165, 1.54) is 24.9 Å². The van der Waals surface area contributed by atoms with E-state index in [1.54, 1.807) is 18.3 Å². The van der Waals surface area contributed by atoms with Crippen LogP contribution < -0.4 is 5.32 Å². The van der Waals surface area contributed by atoms with Gasteiger partial charge in [0, 0.05) is 23.2 Å². The molecule has 148 valence electrons. The molecule has 0 amide bonds. The van der Waals surface area contributed by atoms with Gasteiger partial charge in [-0.05, 0) is 63.3 Å². The Balaban J connectivity index is 1.67. The van der Waals surface area contributed by atoms with E-state index in [4.69, 9.17) is 4.99 Å². The van der Waals surface area contributed by atoms with Gasteiger partial charge in [0.15, 0.2) is 5.65 Å². The van der Waals surface area contributed by atoms with Crippen molar-refractivity contribution >= 4 is 22.6 Å². The highest BCUT2D eigenvalue weighted by molar-refractivity contribution is 5.95. The number of allylic oxidation sites excluding steroid dienone is 2. The molecule has 6 heteroatoms. The third-order valence-electron chi connectivity index (χ3n) is 5.17. The maximum Gasteiger partial charge on any atom is 0.164 e. The predicted octanol–water partition coefficient (Wildman–Crippen LogP) is 5.55. The molecule has 1 unspecified atom stereocenters. The van der Waals surface area contributed by atoms with Gasteiger partial charge in [-0.25, -0.2) is 19.3 Å². The topological polar surface area (TPSA) is 63.1 Å². The highest BCUT2D eigenvalue weighted by atomic mass is 19.1. The lowest BCUT2D eigenvalue weighted by molar-refractivity contribution is 0.628. The van der Waals surface area contributed by atoms with Crippen LogP contribution in [0.2, 0.25) is 0 Å². The molecule has 0 spiro atoms. The minimum atomic E-state index is -0.258. The average molecular weight is 389 g/mol. The molecule has 0 fully saturated rings. The van der Waals surface area contributed by atoms with Gasteiger partial charge in [0.2, 0.25) is 0 Å². The van der Waals surface area contributed by atoms with Crippen molar-refractivity contribution in [3.63, 3.8) is 0 Å². The second kappa shape index (κ2) is 8.47. The maximum absolute atomic E-state index is 13.3. The standard InChI is InChI=1S/C23H24FN5/c1-15-6-4-3-5-7-21(28-15)16(2)29-23-20-12-18(13-25-22(20)26-14-27-23)17-8-10-19(24)11-9-17/h6,8-14,16H,3-5,7H2,1-2H3,(H,25,26,27,29)/b15-6-,28-21+. The van der Waals surface area contributed by atoms with Crippen molar-refractivity contribution in [3.8, 4) is 11.1 Å². The smallest absolute Gasteiger partial charge is 0.164 e. The third-order valence-corrected chi connectivity index (χ3v) is 5.17. The monoisotopic (exact) mass is 389 g/mol. The Bertz CT molecular complexity index is 1070. The summed E-state index contributed by atoms with van der Waals surface area (Å²) in [5.41, 5.74) is 4.61. The Morgan fingerprint density at radius 2 is 1.86 bits per heavy atom. The van der Waals surface area contributed by atoms with E-state index in [9.17, 15) is 4.39 Å². The minimum Gasteiger partial charge on any atom is -0.362 e. The molecule has 3 aromatic rings. The molecule has 0 saturated heterocycles. The molecule has 4 rings (SSSR count). The fraction of sp³-hybridized carbons (Fsp3) is 0.304. The van der Waals surface area contributed by atoms with Crippen molar-refractivity contribution in [2.45, 2.75) is 45.6 Å². The van der Waals surface area contributed by atoms with Crippen molar-refractivity contribution in [1.29, 1.82) is 0 Å². The van der Waals surface area contributed by atoms with E-state index in [1.807, 2.05) is 6.07 Å². The number of anilines is 1. The summed E-state index contributed by atoms with van der Waals surface area (Å²) < 4.78 is 13.3. The number of hydrogen-bond donors (Lipinski definition) is 1. The molecule has 2 aromatic heterocycles. The Morgan fingerprint density at radius 3 is 2.69 bits per heavy atom. The second-order valence-electron chi connectivity index (χ2n) is 7.38. The van der Waals surface area contributed by atoms with Crippen LogP contribution in [0.4, 0.5) is 10.2 Å². The van der Waals surface area contributed by atoms with Crippen molar-refractivity contribution in [2.24, 2.45) is 4.99 Å². The number of halogens is 1. The zero-order valence-electron chi connectivity index (χ0n) is 16.7. The number of nitrogens with one attached hydrogen (secondary N) is 1. The highest BCUT2D eigenvalue weighted by Gasteiger charge is 2.15. The lowest BCUT2D eigenvalue weighted by Crippen LogP contribution is -2.27. The number of benzene rings is 1. The van der Waals surface area contributed by atoms with Gasteiger partial charge >= 0.3 is 0 Å². The maximum atomic E-state index is 13.3. The molecule has 3 heterocycles. The molecule has 5 nitrogen and oxygen atoms in total. The van der Waals surface area contributed by atoms with Crippen LogP contribution in [0, 0.1) is 5.82 Å². The molecular weight excluding hydrogens is 365 g/mol. The van der Waals surface area contributed by atoms with Gasteiger partial charge in [0.25, 0.3) is 0 Å². The first-order chi connectivity index (χ1) is 14.1. The van der Waals surface area contributed by atoms with E-state index in [0.29, 0.717) is 5.65 Å². The fourth-order valence-electron chi connectivity index (χ4n) is 3.55. The van der Waals surface area contributed by atoms with E-state index in [2.05, 4.69) is 40.2 Å². The first-order valence-corrected chi connectivity index (χ1v) is 9.97. The van der Waals surface area contributed by atoms with Crippen LogP contribution in [0.1, 0.15) is 39.5 Å². The first kappa shape index (κ1) is 19.2. The average Bonchev–Trinajstić information content (AvgIpc) is 2.71. The molecule has 0 bridgehead atoms. The van der Waals surface area contributed by atoms with Crippen LogP contribution in [0.5, 0.6) is 0 Å². The number of fused-ring (bicyclic) bond motifs is 1. The number of nitrogens with zero attached hydrogens (tertiary/aromatic N) is 4. The SMILES string of the molecule is CC1=C/CCCC/C(C(C)Nc2ncnc3ncc(-c4ccc(F)cc4)cc23)=N\1.